The molecule has 1 atom stereocenters. The second-order valence-corrected chi connectivity index (χ2v) is 10.9. The number of methoxy groups -OCH3 is 1. The number of hydrogen-bond acceptors (Lipinski definition) is 5. The molecule has 0 aliphatic carbocycles. The average Bonchev–Trinajstić information content (AvgIpc) is 2.84. The molecule has 2 aromatic carbocycles. The van der Waals surface area contributed by atoms with E-state index in [9.17, 15) is 18.0 Å². The van der Waals surface area contributed by atoms with Crippen LogP contribution in [0.25, 0.3) is 0 Å². The third-order valence-electron chi connectivity index (χ3n) is 5.91. The zero-order valence-corrected chi connectivity index (χ0v) is 23.2. The summed E-state index contributed by atoms with van der Waals surface area (Å²) >= 11 is 6.23. The van der Waals surface area contributed by atoms with Crippen LogP contribution in [0.15, 0.2) is 42.5 Å². The van der Waals surface area contributed by atoms with Crippen molar-refractivity contribution in [3.8, 4) is 5.75 Å². The minimum atomic E-state index is -3.83. The Kier molecular flexibility index (Phi) is 11.0. The van der Waals surface area contributed by atoms with Gasteiger partial charge in [0.1, 0.15) is 18.3 Å². The van der Waals surface area contributed by atoms with Crippen molar-refractivity contribution in [2.45, 2.75) is 52.6 Å². The monoisotopic (exact) mass is 537 g/mol. The molecule has 0 heterocycles. The van der Waals surface area contributed by atoms with Crippen molar-refractivity contribution in [1.29, 1.82) is 0 Å². The highest BCUT2D eigenvalue weighted by atomic mass is 35.5. The van der Waals surface area contributed by atoms with E-state index in [1.165, 1.54) is 4.90 Å². The van der Waals surface area contributed by atoms with Crippen LogP contribution in [0.5, 0.6) is 5.75 Å². The van der Waals surface area contributed by atoms with Crippen molar-refractivity contribution < 1.29 is 22.7 Å². The molecule has 0 radical (unpaired) electrons. The molecule has 0 saturated heterocycles. The summed E-state index contributed by atoms with van der Waals surface area (Å²) in [5.74, 6) is -0.0913. The van der Waals surface area contributed by atoms with Crippen molar-refractivity contribution in [2.24, 2.45) is 0 Å². The van der Waals surface area contributed by atoms with Crippen LogP contribution in [0.4, 0.5) is 5.69 Å². The van der Waals surface area contributed by atoms with Gasteiger partial charge in [-0.1, -0.05) is 50.1 Å². The minimum Gasteiger partial charge on any atom is -0.497 e. The molecule has 1 N–H and O–H groups in total. The fraction of sp³-hybridized carbons (Fsp3) is 0.462. The first-order chi connectivity index (χ1) is 17.0. The molecule has 0 fully saturated rings. The molecule has 0 unspecified atom stereocenters. The average molecular weight is 538 g/mol. The van der Waals surface area contributed by atoms with Crippen LogP contribution in [0.3, 0.4) is 0 Å². The van der Waals surface area contributed by atoms with Gasteiger partial charge in [0.2, 0.25) is 21.8 Å². The summed E-state index contributed by atoms with van der Waals surface area (Å²) in [6.07, 6.45) is 3.16. The SMILES string of the molecule is CCCCNC(=O)[C@@H](CC)N(Cc1ccc(OC)cc1)C(=O)CN(c1cccc(Cl)c1C)S(C)(=O)=O. The normalized spacial score (nSPS) is 12.1. The second-order valence-electron chi connectivity index (χ2n) is 8.59. The molecule has 10 heteroatoms. The molecule has 36 heavy (non-hydrogen) atoms. The van der Waals surface area contributed by atoms with E-state index in [0.29, 0.717) is 35.0 Å². The predicted octanol–water partition coefficient (Wildman–Crippen LogP) is 4.15. The van der Waals surface area contributed by atoms with Crippen LogP contribution in [-0.4, -0.2) is 57.6 Å². The Morgan fingerprint density at radius 1 is 1.11 bits per heavy atom. The van der Waals surface area contributed by atoms with Gasteiger partial charge in [-0.05, 0) is 55.2 Å². The van der Waals surface area contributed by atoms with E-state index in [0.717, 1.165) is 29.0 Å². The van der Waals surface area contributed by atoms with Gasteiger partial charge in [0.15, 0.2) is 0 Å². The number of carbonyl (C=O) groups is 2. The van der Waals surface area contributed by atoms with Gasteiger partial charge in [-0.2, -0.15) is 0 Å². The Morgan fingerprint density at radius 2 is 1.78 bits per heavy atom. The molecule has 198 valence electrons. The first-order valence-corrected chi connectivity index (χ1v) is 14.2. The summed E-state index contributed by atoms with van der Waals surface area (Å²) in [4.78, 5) is 28.2. The number of halogens is 1. The standard InChI is InChI=1S/C26H36ClN3O5S/c1-6-8-16-28-26(32)23(7-2)29(17-20-12-14-21(35-4)15-13-20)25(31)18-30(36(5,33)34)24-11-9-10-22(27)19(24)3/h9-15,23H,6-8,16-18H2,1-5H3,(H,28,32)/t23-/m1/s1. The molecule has 2 amide bonds. The number of rotatable bonds is 13. The topological polar surface area (TPSA) is 96.0 Å². The number of nitrogens with one attached hydrogen (secondary N) is 1. The third-order valence-corrected chi connectivity index (χ3v) is 7.45. The van der Waals surface area contributed by atoms with Crippen LogP contribution >= 0.6 is 11.6 Å². The summed E-state index contributed by atoms with van der Waals surface area (Å²) in [6.45, 7) is 5.73. The maximum atomic E-state index is 13.7. The van der Waals surface area contributed by atoms with Crippen LogP contribution in [-0.2, 0) is 26.2 Å². The fourth-order valence-corrected chi connectivity index (χ4v) is 4.88. The zero-order chi connectivity index (χ0) is 26.9. The van der Waals surface area contributed by atoms with E-state index in [4.69, 9.17) is 16.3 Å². The molecule has 0 saturated carbocycles. The number of unbranched alkanes of at least 4 members (excludes halogenated alkanes) is 1. The fourth-order valence-electron chi connectivity index (χ4n) is 3.81. The molecule has 0 aliphatic heterocycles. The van der Waals surface area contributed by atoms with E-state index < -0.39 is 28.5 Å². The van der Waals surface area contributed by atoms with Crippen LogP contribution in [0.2, 0.25) is 5.02 Å². The van der Waals surface area contributed by atoms with Crippen molar-refractivity contribution in [3.05, 3.63) is 58.6 Å². The van der Waals surface area contributed by atoms with Gasteiger partial charge < -0.3 is 15.0 Å². The second kappa shape index (κ2) is 13.5. The number of nitrogens with zero attached hydrogens (tertiary/aromatic N) is 2. The van der Waals surface area contributed by atoms with E-state index in [2.05, 4.69) is 5.32 Å². The van der Waals surface area contributed by atoms with Crippen molar-refractivity contribution >= 4 is 39.1 Å². The minimum absolute atomic E-state index is 0.134. The lowest BCUT2D eigenvalue weighted by atomic mass is 10.1. The predicted molar refractivity (Wildman–Crippen MR) is 144 cm³/mol. The number of ether oxygens (including phenoxy) is 1. The maximum Gasteiger partial charge on any atom is 0.244 e. The largest absolute Gasteiger partial charge is 0.497 e. The maximum absolute atomic E-state index is 13.7. The van der Waals surface area contributed by atoms with Crippen molar-refractivity contribution in [1.82, 2.24) is 10.2 Å². The third kappa shape index (κ3) is 7.86. The molecular formula is C26H36ClN3O5S. The van der Waals surface area contributed by atoms with Crippen LogP contribution < -0.4 is 14.4 Å². The molecule has 2 rings (SSSR count). The number of carbonyl (C=O) groups excluding carboxylic acids is 2. The highest BCUT2D eigenvalue weighted by Gasteiger charge is 2.32. The summed E-state index contributed by atoms with van der Waals surface area (Å²) in [7, 11) is -2.26. The van der Waals surface area contributed by atoms with Crippen LogP contribution in [0, 0.1) is 6.92 Å². The lowest BCUT2D eigenvalue weighted by molar-refractivity contribution is -0.140. The highest BCUT2D eigenvalue weighted by Crippen LogP contribution is 2.28. The van der Waals surface area contributed by atoms with E-state index in [1.54, 1.807) is 44.4 Å². The summed E-state index contributed by atoms with van der Waals surface area (Å²) < 4.78 is 31.8. The Bertz CT molecular complexity index is 1140. The number of anilines is 1. The van der Waals surface area contributed by atoms with Gasteiger partial charge >= 0.3 is 0 Å². The van der Waals surface area contributed by atoms with Gasteiger partial charge in [0, 0.05) is 18.1 Å². The number of sulfonamides is 1. The summed E-state index contributed by atoms with van der Waals surface area (Å²) in [5, 5.41) is 3.30. The number of amides is 2. The Morgan fingerprint density at radius 3 is 2.33 bits per heavy atom. The first-order valence-electron chi connectivity index (χ1n) is 12.0. The molecule has 8 nitrogen and oxygen atoms in total. The quantitative estimate of drug-likeness (QED) is 0.387. The van der Waals surface area contributed by atoms with Gasteiger partial charge in [0.05, 0.1) is 19.1 Å². The van der Waals surface area contributed by atoms with Crippen molar-refractivity contribution in [3.63, 3.8) is 0 Å². The summed E-state index contributed by atoms with van der Waals surface area (Å²) in [6, 6.07) is 11.3. The smallest absolute Gasteiger partial charge is 0.244 e. The molecule has 0 aliphatic rings. The van der Waals surface area contributed by atoms with Crippen LogP contribution in [0.1, 0.15) is 44.2 Å². The summed E-state index contributed by atoms with van der Waals surface area (Å²) in [5.41, 5.74) is 1.65. The number of benzene rings is 2. The molecule has 0 bridgehead atoms. The zero-order valence-electron chi connectivity index (χ0n) is 21.6. The van der Waals surface area contributed by atoms with Crippen molar-refractivity contribution in [2.75, 3.05) is 30.8 Å². The Labute approximate surface area is 219 Å². The van der Waals surface area contributed by atoms with Gasteiger partial charge in [-0.15, -0.1) is 0 Å². The Balaban J connectivity index is 2.44. The molecule has 0 spiro atoms. The first kappa shape index (κ1) is 29.5. The van der Waals surface area contributed by atoms with Gasteiger partial charge in [-0.3, -0.25) is 13.9 Å². The lowest BCUT2D eigenvalue weighted by Crippen LogP contribution is -2.52. The highest BCUT2D eigenvalue weighted by molar-refractivity contribution is 7.92. The number of hydrogen-bond donors (Lipinski definition) is 1. The molecule has 0 aromatic heterocycles. The Hall–Kier alpha value is -2.78. The van der Waals surface area contributed by atoms with E-state index in [-0.39, 0.29) is 12.5 Å². The van der Waals surface area contributed by atoms with E-state index in [1.807, 2.05) is 26.0 Å². The van der Waals surface area contributed by atoms with Gasteiger partial charge in [0.25, 0.3) is 0 Å². The van der Waals surface area contributed by atoms with E-state index >= 15 is 0 Å². The molecular weight excluding hydrogens is 502 g/mol. The molecule has 2 aromatic rings. The van der Waals surface area contributed by atoms with Gasteiger partial charge in [-0.25, -0.2) is 8.42 Å². The lowest BCUT2D eigenvalue weighted by Gasteiger charge is -2.33.